The van der Waals surface area contributed by atoms with Crippen LogP contribution in [0.25, 0.3) is 10.9 Å². The first kappa shape index (κ1) is 25.5. The van der Waals surface area contributed by atoms with Crippen molar-refractivity contribution >= 4 is 22.6 Å². The van der Waals surface area contributed by atoms with E-state index in [0.717, 1.165) is 34.9 Å². The quantitative estimate of drug-likeness (QED) is 0.223. The summed E-state index contributed by atoms with van der Waals surface area (Å²) < 4.78 is 10.6. The molecule has 5 rings (SSSR count). The van der Waals surface area contributed by atoms with Gasteiger partial charge in [-0.1, -0.05) is 65.9 Å². The van der Waals surface area contributed by atoms with Crippen LogP contribution in [-0.2, 0) is 10.3 Å². The molecule has 0 bridgehead atoms. The Hall–Kier alpha value is -4.17. The SMILES string of the molecule is CCOC(=O)c1[nH]c2ccc(OC)cc2c1N=NN1CCC(C(O)(c2ccccc2)c2ccccc2)CC1. The highest BCUT2D eigenvalue weighted by Gasteiger charge is 2.41. The second-order valence-electron chi connectivity index (χ2n) is 9.40. The van der Waals surface area contributed by atoms with E-state index in [1.54, 1.807) is 14.0 Å². The van der Waals surface area contributed by atoms with Gasteiger partial charge in [0.05, 0.1) is 13.7 Å². The molecule has 4 aromatic rings. The molecule has 2 heterocycles. The molecule has 1 fully saturated rings. The number of carbonyl (C=O) groups is 1. The minimum atomic E-state index is -1.10. The molecule has 0 unspecified atom stereocenters. The Bertz CT molecular complexity index is 1370. The third kappa shape index (κ3) is 4.87. The number of nitrogens with zero attached hydrogens (tertiary/aromatic N) is 3. The zero-order chi connectivity index (χ0) is 26.5. The molecule has 1 saturated heterocycles. The molecule has 0 radical (unpaired) electrons. The largest absolute Gasteiger partial charge is 0.497 e. The van der Waals surface area contributed by atoms with Gasteiger partial charge in [0.15, 0.2) is 5.69 Å². The van der Waals surface area contributed by atoms with E-state index in [1.807, 2.05) is 83.9 Å². The molecule has 8 nitrogen and oxygen atoms in total. The first-order valence-electron chi connectivity index (χ1n) is 12.9. The van der Waals surface area contributed by atoms with Crippen LogP contribution in [0.2, 0.25) is 0 Å². The number of ether oxygens (including phenoxy) is 2. The highest BCUT2D eigenvalue weighted by Crippen LogP contribution is 2.42. The van der Waals surface area contributed by atoms with Crippen molar-refractivity contribution in [3.05, 3.63) is 95.7 Å². The van der Waals surface area contributed by atoms with Gasteiger partial charge in [0.1, 0.15) is 17.0 Å². The molecule has 3 aromatic carbocycles. The van der Waals surface area contributed by atoms with Crippen molar-refractivity contribution in [1.82, 2.24) is 9.99 Å². The van der Waals surface area contributed by atoms with E-state index < -0.39 is 11.6 Å². The predicted molar refractivity (Wildman–Crippen MR) is 146 cm³/mol. The molecule has 0 atom stereocenters. The molecular weight excluding hydrogens is 480 g/mol. The van der Waals surface area contributed by atoms with Gasteiger partial charge >= 0.3 is 5.97 Å². The van der Waals surface area contributed by atoms with Gasteiger partial charge in [0.2, 0.25) is 0 Å². The number of rotatable bonds is 8. The molecule has 38 heavy (non-hydrogen) atoms. The molecule has 8 heteroatoms. The maximum Gasteiger partial charge on any atom is 0.357 e. The molecule has 1 aromatic heterocycles. The molecule has 2 N–H and O–H groups in total. The fourth-order valence-corrected chi connectivity index (χ4v) is 5.24. The van der Waals surface area contributed by atoms with Crippen molar-refractivity contribution in [2.45, 2.75) is 25.4 Å². The minimum Gasteiger partial charge on any atom is -0.497 e. The fourth-order valence-electron chi connectivity index (χ4n) is 5.24. The summed E-state index contributed by atoms with van der Waals surface area (Å²) in [5.74, 6) is 0.183. The molecule has 0 aliphatic carbocycles. The maximum absolute atomic E-state index is 12.6. The lowest BCUT2D eigenvalue weighted by Crippen LogP contribution is -2.42. The zero-order valence-corrected chi connectivity index (χ0v) is 21.6. The molecule has 0 saturated carbocycles. The van der Waals surface area contributed by atoms with Crippen molar-refractivity contribution in [1.29, 1.82) is 0 Å². The van der Waals surface area contributed by atoms with Crippen LogP contribution in [0.15, 0.2) is 89.2 Å². The number of esters is 1. The maximum atomic E-state index is 12.6. The monoisotopic (exact) mass is 512 g/mol. The van der Waals surface area contributed by atoms with Crippen LogP contribution >= 0.6 is 0 Å². The Morgan fingerprint density at radius 3 is 2.24 bits per heavy atom. The number of methoxy groups -OCH3 is 1. The number of aliphatic hydroxyl groups is 1. The Labute approximate surface area is 221 Å². The van der Waals surface area contributed by atoms with Crippen molar-refractivity contribution in [2.75, 3.05) is 26.8 Å². The van der Waals surface area contributed by atoms with Crippen LogP contribution < -0.4 is 4.74 Å². The zero-order valence-electron chi connectivity index (χ0n) is 21.6. The summed E-state index contributed by atoms with van der Waals surface area (Å²) in [4.78, 5) is 15.8. The number of aromatic nitrogens is 1. The van der Waals surface area contributed by atoms with Crippen molar-refractivity contribution in [3.63, 3.8) is 0 Å². The molecular formula is C30H32N4O4. The van der Waals surface area contributed by atoms with Gasteiger partial charge in [-0.3, -0.25) is 5.01 Å². The highest BCUT2D eigenvalue weighted by atomic mass is 16.5. The van der Waals surface area contributed by atoms with Gasteiger partial charge in [0, 0.05) is 24.0 Å². The molecule has 196 valence electrons. The van der Waals surface area contributed by atoms with E-state index >= 15 is 0 Å². The first-order chi connectivity index (χ1) is 18.5. The van der Waals surface area contributed by atoms with Gasteiger partial charge < -0.3 is 19.6 Å². The second-order valence-corrected chi connectivity index (χ2v) is 9.40. The van der Waals surface area contributed by atoms with Crippen LogP contribution in [0.5, 0.6) is 5.75 Å². The lowest BCUT2D eigenvalue weighted by atomic mass is 9.72. The standard InChI is InChI=1S/C30H32N4O4/c1-3-38-29(35)28-27(25-20-24(37-2)14-15-26(25)31-28)32-33-34-18-16-23(17-19-34)30(36,21-10-6-4-7-11-21)22-12-8-5-9-13-22/h4-15,20,23,31,36H,3,16-19H2,1-2H3. The number of aromatic amines is 1. The van der Waals surface area contributed by atoms with Gasteiger partial charge in [-0.25, -0.2) is 4.79 Å². The third-order valence-electron chi connectivity index (χ3n) is 7.22. The number of carbonyl (C=O) groups excluding carboxylic acids is 1. The number of nitrogens with one attached hydrogen (secondary N) is 1. The Balaban J connectivity index is 1.39. The number of benzene rings is 3. The highest BCUT2D eigenvalue weighted by molar-refractivity contribution is 6.05. The van der Waals surface area contributed by atoms with Crippen LogP contribution in [0, 0.1) is 5.92 Å². The molecule has 0 spiro atoms. The van der Waals surface area contributed by atoms with E-state index in [2.05, 4.69) is 15.3 Å². The van der Waals surface area contributed by atoms with E-state index in [1.165, 1.54) is 0 Å². The lowest BCUT2D eigenvalue weighted by Gasteiger charge is -2.41. The second kappa shape index (κ2) is 11.1. The number of hydrogen-bond donors (Lipinski definition) is 2. The summed E-state index contributed by atoms with van der Waals surface area (Å²) in [5, 5.41) is 23.7. The van der Waals surface area contributed by atoms with Crippen LogP contribution in [0.4, 0.5) is 5.69 Å². The fraction of sp³-hybridized carbons (Fsp3) is 0.300. The van der Waals surface area contributed by atoms with Crippen LogP contribution in [-0.4, -0.2) is 47.9 Å². The van der Waals surface area contributed by atoms with Gasteiger partial charge in [-0.15, -0.1) is 5.11 Å². The Morgan fingerprint density at radius 1 is 1.03 bits per heavy atom. The average Bonchev–Trinajstić information content (AvgIpc) is 3.34. The van der Waals surface area contributed by atoms with Gasteiger partial charge in [-0.05, 0) is 55.0 Å². The van der Waals surface area contributed by atoms with E-state index in [-0.39, 0.29) is 18.2 Å². The minimum absolute atomic E-state index is 0.00573. The van der Waals surface area contributed by atoms with Gasteiger partial charge in [-0.2, -0.15) is 0 Å². The normalized spacial score (nSPS) is 14.8. The molecule has 1 aliphatic heterocycles. The number of piperidine rings is 1. The van der Waals surface area contributed by atoms with Crippen molar-refractivity contribution < 1.29 is 19.4 Å². The molecule has 1 aliphatic rings. The summed E-state index contributed by atoms with van der Waals surface area (Å²) in [5.41, 5.74) is 2.10. The van der Waals surface area contributed by atoms with Crippen LogP contribution in [0.1, 0.15) is 41.4 Å². The summed E-state index contributed by atoms with van der Waals surface area (Å²) >= 11 is 0. The third-order valence-corrected chi connectivity index (χ3v) is 7.22. The van der Waals surface area contributed by atoms with Gasteiger partial charge in [0.25, 0.3) is 0 Å². The summed E-state index contributed by atoms with van der Waals surface area (Å²) in [6.07, 6.45) is 1.46. The van der Waals surface area contributed by atoms with Crippen molar-refractivity contribution in [2.24, 2.45) is 16.3 Å². The van der Waals surface area contributed by atoms with E-state index in [4.69, 9.17) is 9.47 Å². The summed E-state index contributed by atoms with van der Waals surface area (Å²) in [6.45, 7) is 3.27. The predicted octanol–water partition coefficient (Wildman–Crippen LogP) is 6.00. The lowest BCUT2D eigenvalue weighted by molar-refractivity contribution is -0.0149. The molecule has 0 amide bonds. The van der Waals surface area contributed by atoms with E-state index in [9.17, 15) is 9.90 Å². The smallest absolute Gasteiger partial charge is 0.357 e. The summed E-state index contributed by atoms with van der Waals surface area (Å²) in [6, 6.07) is 25.2. The number of fused-ring (bicyclic) bond motifs is 1. The van der Waals surface area contributed by atoms with E-state index in [0.29, 0.717) is 24.5 Å². The number of hydrogen-bond acceptors (Lipinski definition) is 6. The van der Waals surface area contributed by atoms with Crippen LogP contribution in [0.3, 0.4) is 0 Å². The first-order valence-corrected chi connectivity index (χ1v) is 12.9. The Kier molecular flexibility index (Phi) is 7.42. The topological polar surface area (TPSA) is 99.5 Å². The summed E-state index contributed by atoms with van der Waals surface area (Å²) in [7, 11) is 1.59. The number of H-pyrrole nitrogens is 1. The average molecular weight is 513 g/mol. The van der Waals surface area contributed by atoms with Crippen molar-refractivity contribution in [3.8, 4) is 5.75 Å². The Morgan fingerprint density at radius 2 is 1.66 bits per heavy atom.